The van der Waals surface area contributed by atoms with Gasteiger partial charge in [-0.05, 0) is 12.1 Å². The fraction of sp³-hybridized carbons (Fsp3) is 0.462. The minimum absolute atomic E-state index is 0.235. The van der Waals surface area contributed by atoms with E-state index < -0.39 is 0 Å². The first kappa shape index (κ1) is 14.1. The number of hydrogen-bond donors (Lipinski definition) is 2. The molecule has 0 unspecified atom stereocenters. The van der Waals surface area contributed by atoms with Crippen LogP contribution in [0.4, 0.5) is 10.5 Å². The van der Waals surface area contributed by atoms with Gasteiger partial charge >= 0.3 is 6.03 Å². The molecule has 1 saturated heterocycles. The first-order valence-corrected chi connectivity index (χ1v) is 6.73. The third kappa shape index (κ3) is 4.70. The summed E-state index contributed by atoms with van der Waals surface area (Å²) in [6.07, 6.45) is 0. The Morgan fingerprint density at radius 3 is 2.79 bits per heavy atom. The van der Waals surface area contributed by atoms with Crippen LogP contribution in [0.2, 0.25) is 5.02 Å². The van der Waals surface area contributed by atoms with Crippen molar-refractivity contribution in [3.63, 3.8) is 0 Å². The predicted octanol–water partition coefficient (Wildman–Crippen LogP) is 1.79. The zero-order valence-electron chi connectivity index (χ0n) is 10.7. The highest BCUT2D eigenvalue weighted by molar-refractivity contribution is 6.33. The van der Waals surface area contributed by atoms with Crippen molar-refractivity contribution in [3.05, 3.63) is 29.3 Å². The smallest absolute Gasteiger partial charge is 0.319 e. The van der Waals surface area contributed by atoms with E-state index in [1.54, 1.807) is 12.1 Å². The number of nitrogens with one attached hydrogen (secondary N) is 2. The number of nitrogens with zero attached hydrogens (tertiary/aromatic N) is 1. The number of para-hydroxylation sites is 1. The molecule has 1 aromatic rings. The fourth-order valence-electron chi connectivity index (χ4n) is 1.88. The van der Waals surface area contributed by atoms with Crippen LogP contribution in [0.1, 0.15) is 0 Å². The van der Waals surface area contributed by atoms with Gasteiger partial charge in [0.1, 0.15) is 0 Å². The summed E-state index contributed by atoms with van der Waals surface area (Å²) in [5.41, 5.74) is 0.619. The van der Waals surface area contributed by atoms with E-state index >= 15 is 0 Å². The third-order valence-electron chi connectivity index (χ3n) is 2.94. The van der Waals surface area contributed by atoms with Crippen LogP contribution in [0.25, 0.3) is 0 Å². The molecule has 0 bridgehead atoms. The van der Waals surface area contributed by atoms with Crippen molar-refractivity contribution in [2.45, 2.75) is 0 Å². The van der Waals surface area contributed by atoms with Crippen molar-refractivity contribution in [3.8, 4) is 0 Å². The van der Waals surface area contributed by atoms with E-state index in [0.29, 0.717) is 17.3 Å². The highest BCUT2D eigenvalue weighted by atomic mass is 35.5. The molecule has 1 aliphatic rings. The number of ether oxygens (including phenoxy) is 1. The van der Waals surface area contributed by atoms with E-state index in [9.17, 15) is 4.79 Å². The summed E-state index contributed by atoms with van der Waals surface area (Å²) in [5.74, 6) is 0. The summed E-state index contributed by atoms with van der Waals surface area (Å²) < 4.78 is 5.26. The van der Waals surface area contributed by atoms with Crippen molar-refractivity contribution in [1.29, 1.82) is 0 Å². The minimum atomic E-state index is -0.235. The van der Waals surface area contributed by atoms with Crippen LogP contribution < -0.4 is 10.6 Å². The standard InChI is InChI=1S/C13H18ClN3O2/c14-11-3-1-2-4-12(11)16-13(18)15-5-6-17-7-9-19-10-8-17/h1-4H,5-10H2,(H2,15,16,18). The molecule has 0 saturated carbocycles. The maximum atomic E-state index is 11.7. The van der Waals surface area contributed by atoms with Gasteiger partial charge in [0.25, 0.3) is 0 Å². The number of morpholine rings is 1. The van der Waals surface area contributed by atoms with Crippen LogP contribution in [0.5, 0.6) is 0 Å². The maximum absolute atomic E-state index is 11.7. The van der Waals surface area contributed by atoms with Gasteiger partial charge in [-0.15, -0.1) is 0 Å². The molecule has 1 aromatic carbocycles. The Bertz CT molecular complexity index is 422. The molecular weight excluding hydrogens is 266 g/mol. The Kier molecular flexibility index (Phi) is 5.44. The molecule has 1 fully saturated rings. The van der Waals surface area contributed by atoms with Crippen molar-refractivity contribution in [2.75, 3.05) is 44.7 Å². The second kappa shape index (κ2) is 7.33. The van der Waals surface area contributed by atoms with Gasteiger partial charge in [-0.3, -0.25) is 4.90 Å². The van der Waals surface area contributed by atoms with Crippen LogP contribution >= 0.6 is 11.6 Å². The minimum Gasteiger partial charge on any atom is -0.379 e. The Morgan fingerprint density at radius 2 is 2.05 bits per heavy atom. The average Bonchev–Trinajstić information content (AvgIpc) is 2.43. The van der Waals surface area contributed by atoms with Crippen LogP contribution in [-0.4, -0.2) is 50.3 Å². The number of hydrogen-bond acceptors (Lipinski definition) is 3. The molecule has 0 atom stereocenters. The largest absolute Gasteiger partial charge is 0.379 e. The average molecular weight is 284 g/mol. The van der Waals surface area contributed by atoms with E-state index in [0.717, 1.165) is 32.8 Å². The van der Waals surface area contributed by atoms with Gasteiger partial charge in [0.2, 0.25) is 0 Å². The number of amides is 2. The lowest BCUT2D eigenvalue weighted by atomic mass is 10.3. The van der Waals surface area contributed by atoms with E-state index in [1.165, 1.54) is 0 Å². The lowest BCUT2D eigenvalue weighted by Crippen LogP contribution is -2.42. The zero-order valence-corrected chi connectivity index (χ0v) is 11.4. The van der Waals surface area contributed by atoms with E-state index in [1.807, 2.05) is 12.1 Å². The van der Waals surface area contributed by atoms with Crippen LogP contribution in [-0.2, 0) is 4.74 Å². The number of halogens is 1. The highest BCUT2D eigenvalue weighted by Crippen LogP contribution is 2.19. The van der Waals surface area contributed by atoms with Crippen LogP contribution in [0.3, 0.4) is 0 Å². The van der Waals surface area contributed by atoms with Gasteiger partial charge in [0, 0.05) is 26.2 Å². The van der Waals surface area contributed by atoms with E-state index in [4.69, 9.17) is 16.3 Å². The molecule has 104 valence electrons. The maximum Gasteiger partial charge on any atom is 0.319 e. The van der Waals surface area contributed by atoms with Gasteiger partial charge in [0.05, 0.1) is 23.9 Å². The lowest BCUT2D eigenvalue weighted by molar-refractivity contribution is 0.0388. The van der Waals surface area contributed by atoms with Gasteiger partial charge < -0.3 is 15.4 Å². The van der Waals surface area contributed by atoms with Gasteiger partial charge in [-0.25, -0.2) is 4.79 Å². The van der Waals surface area contributed by atoms with Crippen molar-refractivity contribution in [2.24, 2.45) is 0 Å². The summed E-state index contributed by atoms with van der Waals surface area (Å²) in [4.78, 5) is 13.9. The SMILES string of the molecule is O=C(NCCN1CCOCC1)Nc1ccccc1Cl. The normalized spacial score (nSPS) is 16.1. The molecule has 0 radical (unpaired) electrons. The van der Waals surface area contributed by atoms with Crippen molar-refractivity contribution in [1.82, 2.24) is 10.2 Å². The van der Waals surface area contributed by atoms with E-state index in [-0.39, 0.29) is 6.03 Å². The molecule has 19 heavy (non-hydrogen) atoms. The number of rotatable bonds is 4. The molecular formula is C13H18ClN3O2. The molecule has 1 aliphatic heterocycles. The lowest BCUT2D eigenvalue weighted by Gasteiger charge is -2.26. The number of urea groups is 1. The Hall–Kier alpha value is -1.30. The molecule has 5 nitrogen and oxygen atoms in total. The van der Waals surface area contributed by atoms with E-state index in [2.05, 4.69) is 15.5 Å². The van der Waals surface area contributed by atoms with Gasteiger partial charge in [0.15, 0.2) is 0 Å². The molecule has 2 N–H and O–H groups in total. The van der Waals surface area contributed by atoms with Crippen molar-refractivity contribution >= 4 is 23.3 Å². The monoisotopic (exact) mass is 283 g/mol. The second-order valence-electron chi connectivity index (χ2n) is 4.31. The zero-order chi connectivity index (χ0) is 13.5. The van der Waals surface area contributed by atoms with Crippen molar-refractivity contribution < 1.29 is 9.53 Å². The first-order chi connectivity index (χ1) is 9.25. The quantitative estimate of drug-likeness (QED) is 0.886. The summed E-state index contributed by atoms with van der Waals surface area (Å²) in [7, 11) is 0. The topological polar surface area (TPSA) is 53.6 Å². The summed E-state index contributed by atoms with van der Waals surface area (Å²) >= 11 is 5.96. The number of carbonyl (C=O) groups is 1. The molecule has 2 amide bonds. The summed E-state index contributed by atoms with van der Waals surface area (Å²) in [6.45, 7) is 4.83. The Balaban J connectivity index is 1.68. The molecule has 6 heteroatoms. The molecule has 0 aromatic heterocycles. The molecule has 2 rings (SSSR count). The van der Waals surface area contributed by atoms with Crippen LogP contribution in [0, 0.1) is 0 Å². The number of benzene rings is 1. The number of anilines is 1. The van der Waals surface area contributed by atoms with Gasteiger partial charge in [-0.1, -0.05) is 23.7 Å². The number of carbonyl (C=O) groups excluding carboxylic acids is 1. The van der Waals surface area contributed by atoms with Gasteiger partial charge in [-0.2, -0.15) is 0 Å². The van der Waals surface area contributed by atoms with Crippen LogP contribution in [0.15, 0.2) is 24.3 Å². The Labute approximate surface area is 117 Å². The molecule has 0 spiro atoms. The summed E-state index contributed by atoms with van der Waals surface area (Å²) in [5, 5.41) is 6.07. The Morgan fingerprint density at radius 1 is 1.32 bits per heavy atom. The third-order valence-corrected chi connectivity index (χ3v) is 3.27. The molecule has 1 heterocycles. The summed E-state index contributed by atoms with van der Waals surface area (Å²) in [6, 6.07) is 6.93. The highest BCUT2D eigenvalue weighted by Gasteiger charge is 2.10. The fourth-order valence-corrected chi connectivity index (χ4v) is 2.06. The second-order valence-corrected chi connectivity index (χ2v) is 4.72. The first-order valence-electron chi connectivity index (χ1n) is 6.35. The predicted molar refractivity (Wildman–Crippen MR) is 75.7 cm³/mol. The molecule has 0 aliphatic carbocycles.